The second kappa shape index (κ2) is 3.14. The number of carbonyl (C=O) groups is 1. The molecule has 0 radical (unpaired) electrons. The summed E-state index contributed by atoms with van der Waals surface area (Å²) in [6, 6.07) is 0. The molecular formula is C5H9NO4. The largest absolute Gasteiger partial charge is 0.313 e. The maximum atomic E-state index is 10.1. The first-order valence-electron chi connectivity index (χ1n) is 2.71. The van der Waals surface area contributed by atoms with Crippen molar-refractivity contribution in [1.29, 1.82) is 0 Å². The first kappa shape index (κ1) is 8.87. The van der Waals surface area contributed by atoms with Crippen molar-refractivity contribution in [2.24, 2.45) is 5.41 Å². The Kier molecular flexibility index (Phi) is 2.79. The van der Waals surface area contributed by atoms with Crippen molar-refractivity contribution in [3.05, 3.63) is 10.1 Å². The molecule has 0 saturated carbocycles. The van der Waals surface area contributed by atoms with Crippen LogP contribution in [0.3, 0.4) is 0 Å². The summed E-state index contributed by atoms with van der Waals surface area (Å²) in [7, 11) is 0. The van der Waals surface area contributed by atoms with E-state index in [2.05, 4.69) is 4.84 Å². The van der Waals surface area contributed by atoms with Crippen LogP contribution in [0.15, 0.2) is 0 Å². The number of nitrogens with zero attached hydrogens (tertiary/aromatic N) is 1. The summed E-state index contributed by atoms with van der Waals surface area (Å²) in [4.78, 5) is 23.8. The highest BCUT2D eigenvalue weighted by molar-refractivity contribution is 5.57. The van der Waals surface area contributed by atoms with Gasteiger partial charge >= 0.3 is 0 Å². The lowest BCUT2D eigenvalue weighted by atomic mass is 9.98. The second-order valence-corrected chi connectivity index (χ2v) is 2.60. The first-order valence-corrected chi connectivity index (χ1v) is 2.71. The molecule has 0 rings (SSSR count). The minimum atomic E-state index is -0.911. The molecule has 0 aliphatic rings. The van der Waals surface area contributed by atoms with E-state index in [1.165, 1.54) is 0 Å². The summed E-state index contributed by atoms with van der Waals surface area (Å²) in [5, 5.41) is 8.72. The molecule has 0 unspecified atom stereocenters. The Balaban J connectivity index is 3.67. The van der Waals surface area contributed by atoms with Gasteiger partial charge in [0.1, 0.15) is 12.9 Å². The van der Waals surface area contributed by atoms with Crippen LogP contribution in [0.25, 0.3) is 0 Å². The van der Waals surface area contributed by atoms with E-state index >= 15 is 0 Å². The Morgan fingerprint density at radius 1 is 1.70 bits per heavy atom. The second-order valence-electron chi connectivity index (χ2n) is 2.60. The van der Waals surface area contributed by atoms with Gasteiger partial charge in [-0.3, -0.25) is 0 Å². The molecule has 0 heterocycles. The van der Waals surface area contributed by atoms with Crippen molar-refractivity contribution in [2.45, 2.75) is 13.8 Å². The summed E-state index contributed by atoms with van der Waals surface area (Å²) >= 11 is 0. The van der Waals surface area contributed by atoms with Crippen LogP contribution in [0, 0.1) is 15.5 Å². The maximum Gasteiger partial charge on any atom is 0.294 e. The van der Waals surface area contributed by atoms with Crippen LogP contribution < -0.4 is 0 Å². The van der Waals surface area contributed by atoms with Crippen LogP contribution in [0.1, 0.15) is 13.8 Å². The van der Waals surface area contributed by atoms with E-state index in [1.54, 1.807) is 13.8 Å². The smallest absolute Gasteiger partial charge is 0.294 e. The first-order chi connectivity index (χ1) is 4.48. The van der Waals surface area contributed by atoms with E-state index in [1.807, 2.05) is 0 Å². The molecule has 0 atom stereocenters. The van der Waals surface area contributed by atoms with Crippen molar-refractivity contribution in [3.8, 4) is 0 Å². The van der Waals surface area contributed by atoms with Gasteiger partial charge in [0.2, 0.25) is 0 Å². The summed E-state index contributed by atoms with van der Waals surface area (Å²) in [6.07, 6.45) is 0.622. The lowest BCUT2D eigenvalue weighted by Crippen LogP contribution is -2.22. The third kappa shape index (κ3) is 3.82. The van der Waals surface area contributed by atoms with E-state index in [-0.39, 0.29) is 6.61 Å². The molecule has 0 aromatic carbocycles. The van der Waals surface area contributed by atoms with Crippen LogP contribution in [0.4, 0.5) is 0 Å². The van der Waals surface area contributed by atoms with Gasteiger partial charge in [-0.25, -0.2) is 0 Å². The fourth-order valence-electron chi connectivity index (χ4n) is 0.253. The Labute approximate surface area is 58.1 Å². The van der Waals surface area contributed by atoms with Gasteiger partial charge in [0.15, 0.2) is 0 Å². The van der Waals surface area contributed by atoms with E-state index in [9.17, 15) is 14.9 Å². The summed E-state index contributed by atoms with van der Waals surface area (Å²) in [5.74, 6) is 0. The number of rotatable bonds is 4. The number of hydrogen-bond acceptors (Lipinski definition) is 4. The van der Waals surface area contributed by atoms with Gasteiger partial charge in [0, 0.05) is 5.41 Å². The van der Waals surface area contributed by atoms with Gasteiger partial charge in [0.05, 0.1) is 0 Å². The topological polar surface area (TPSA) is 69.4 Å². The standard InChI is InChI=1S/C5H9NO4/c1-5(2,3-7)4-10-6(8)9/h3H,4H2,1-2H3. The molecule has 0 saturated heterocycles. The molecule has 0 aliphatic heterocycles. The van der Waals surface area contributed by atoms with Crippen LogP contribution in [0.5, 0.6) is 0 Å². The molecule has 0 fully saturated rings. The zero-order chi connectivity index (χ0) is 8.20. The van der Waals surface area contributed by atoms with Crippen LogP contribution in [-0.4, -0.2) is 18.0 Å². The maximum absolute atomic E-state index is 10.1. The van der Waals surface area contributed by atoms with Gasteiger partial charge in [-0.2, -0.15) is 0 Å². The van der Waals surface area contributed by atoms with Crippen LogP contribution >= 0.6 is 0 Å². The Bertz CT molecular complexity index is 143. The molecule has 0 spiro atoms. The van der Waals surface area contributed by atoms with Crippen molar-refractivity contribution in [2.75, 3.05) is 6.61 Å². The van der Waals surface area contributed by atoms with Crippen molar-refractivity contribution in [3.63, 3.8) is 0 Å². The summed E-state index contributed by atoms with van der Waals surface area (Å²) in [6.45, 7) is 2.93. The molecule has 0 bridgehead atoms. The highest BCUT2D eigenvalue weighted by atomic mass is 16.9. The van der Waals surface area contributed by atoms with Gasteiger partial charge in [-0.05, 0) is 0 Å². The fourth-order valence-corrected chi connectivity index (χ4v) is 0.253. The third-order valence-electron chi connectivity index (χ3n) is 0.861. The molecule has 58 valence electrons. The average Bonchev–Trinajstić information content (AvgIpc) is 1.85. The molecule has 5 heteroatoms. The molecule has 5 nitrogen and oxygen atoms in total. The van der Waals surface area contributed by atoms with Gasteiger partial charge in [0.25, 0.3) is 5.09 Å². The predicted octanol–water partition coefficient (Wildman–Crippen LogP) is 0.420. The van der Waals surface area contributed by atoms with Gasteiger partial charge in [-0.1, -0.05) is 13.8 Å². The summed E-state index contributed by atoms with van der Waals surface area (Å²) in [5.41, 5.74) is -0.771. The SMILES string of the molecule is CC(C)(C=O)CO[N+](=O)[O-]. The molecule has 0 aliphatic carbocycles. The zero-order valence-corrected chi connectivity index (χ0v) is 5.86. The molecular weight excluding hydrogens is 138 g/mol. The highest BCUT2D eigenvalue weighted by Crippen LogP contribution is 2.10. The molecule has 10 heavy (non-hydrogen) atoms. The average molecular weight is 147 g/mol. The summed E-state index contributed by atoms with van der Waals surface area (Å²) < 4.78 is 0. The normalized spacial score (nSPS) is 10.6. The zero-order valence-electron chi connectivity index (χ0n) is 5.86. The minimum Gasteiger partial charge on any atom is -0.313 e. The third-order valence-corrected chi connectivity index (χ3v) is 0.861. The molecule has 0 amide bonds. The Hall–Kier alpha value is -1.13. The van der Waals surface area contributed by atoms with E-state index in [4.69, 9.17) is 0 Å². The number of carbonyl (C=O) groups excluding carboxylic acids is 1. The quantitative estimate of drug-likeness (QED) is 0.328. The van der Waals surface area contributed by atoms with Crippen molar-refractivity contribution in [1.82, 2.24) is 0 Å². The molecule has 0 N–H and O–H groups in total. The van der Waals surface area contributed by atoms with Crippen LogP contribution in [-0.2, 0) is 9.63 Å². The van der Waals surface area contributed by atoms with Crippen molar-refractivity contribution < 1.29 is 14.7 Å². The molecule has 0 aromatic rings. The minimum absolute atomic E-state index is 0.191. The number of aldehydes is 1. The predicted molar refractivity (Wildman–Crippen MR) is 32.8 cm³/mol. The lowest BCUT2D eigenvalue weighted by Gasteiger charge is -2.13. The van der Waals surface area contributed by atoms with E-state index in [0.717, 1.165) is 0 Å². The fraction of sp³-hybridized carbons (Fsp3) is 0.800. The Morgan fingerprint density at radius 3 is 2.50 bits per heavy atom. The van der Waals surface area contributed by atoms with Gasteiger partial charge < -0.3 is 9.63 Å². The van der Waals surface area contributed by atoms with Crippen molar-refractivity contribution >= 4 is 6.29 Å². The molecule has 0 aromatic heterocycles. The van der Waals surface area contributed by atoms with Crippen LogP contribution in [0.2, 0.25) is 0 Å². The lowest BCUT2D eigenvalue weighted by molar-refractivity contribution is -0.760. The highest BCUT2D eigenvalue weighted by Gasteiger charge is 2.18. The number of hydrogen-bond donors (Lipinski definition) is 0. The Morgan fingerprint density at radius 2 is 2.20 bits per heavy atom. The monoisotopic (exact) mass is 147 g/mol. The van der Waals surface area contributed by atoms with E-state index < -0.39 is 10.5 Å². The van der Waals surface area contributed by atoms with Gasteiger partial charge in [-0.15, -0.1) is 10.1 Å². The van der Waals surface area contributed by atoms with E-state index in [0.29, 0.717) is 6.29 Å².